The third kappa shape index (κ3) is 1.07. The zero-order valence-corrected chi connectivity index (χ0v) is 4.63. The van der Waals surface area contributed by atoms with Crippen LogP contribution in [0.4, 0.5) is 0 Å². The molecule has 3 nitrogen and oxygen atoms in total. The van der Waals surface area contributed by atoms with Gasteiger partial charge < -0.3 is 0 Å². The normalized spacial score (nSPS) is 18.2. The van der Waals surface area contributed by atoms with Gasteiger partial charge in [0, 0.05) is 13.1 Å². The molecule has 0 unspecified atom stereocenters. The van der Waals surface area contributed by atoms with E-state index in [0.717, 1.165) is 25.9 Å². The fourth-order valence-corrected chi connectivity index (χ4v) is 0.858. The average Bonchev–Trinajstić information content (AvgIpc) is 2.19. The third-order valence-corrected chi connectivity index (χ3v) is 1.26. The lowest BCUT2D eigenvalue weighted by Gasteiger charge is -2.03. The standard InChI is InChI=1S/C5H8N2O/c8-5-6-7-3-1-2-4-7/h1-4H2. The first kappa shape index (κ1) is 5.32. The first-order valence-electron chi connectivity index (χ1n) is 2.76. The van der Waals surface area contributed by atoms with E-state index in [9.17, 15) is 4.79 Å². The maximum atomic E-state index is 9.63. The quantitative estimate of drug-likeness (QED) is 0.362. The molecule has 0 amide bonds. The number of rotatable bonds is 1. The maximum absolute atomic E-state index is 9.63. The van der Waals surface area contributed by atoms with Gasteiger partial charge in [-0.05, 0) is 12.8 Å². The summed E-state index contributed by atoms with van der Waals surface area (Å²) >= 11 is 0. The summed E-state index contributed by atoms with van der Waals surface area (Å²) < 4.78 is 0. The maximum Gasteiger partial charge on any atom is 0.258 e. The van der Waals surface area contributed by atoms with E-state index in [4.69, 9.17) is 0 Å². The van der Waals surface area contributed by atoms with Crippen molar-refractivity contribution in [2.24, 2.45) is 5.10 Å². The van der Waals surface area contributed by atoms with Crippen molar-refractivity contribution in [2.45, 2.75) is 12.8 Å². The van der Waals surface area contributed by atoms with Gasteiger partial charge in [0.05, 0.1) is 0 Å². The third-order valence-electron chi connectivity index (χ3n) is 1.26. The Kier molecular flexibility index (Phi) is 1.65. The van der Waals surface area contributed by atoms with Crippen molar-refractivity contribution in [1.82, 2.24) is 5.01 Å². The summed E-state index contributed by atoms with van der Waals surface area (Å²) in [4.78, 5) is 9.63. The topological polar surface area (TPSA) is 32.7 Å². The van der Waals surface area contributed by atoms with Crippen LogP contribution in [0.3, 0.4) is 0 Å². The summed E-state index contributed by atoms with van der Waals surface area (Å²) in [5, 5.41) is 5.19. The predicted molar refractivity (Wildman–Crippen MR) is 28.9 cm³/mol. The van der Waals surface area contributed by atoms with Crippen molar-refractivity contribution in [3.05, 3.63) is 0 Å². The minimum Gasteiger partial charge on any atom is -0.286 e. The molecule has 0 aromatic rings. The molecule has 44 valence electrons. The highest BCUT2D eigenvalue weighted by Gasteiger charge is 2.06. The Labute approximate surface area is 48.0 Å². The lowest BCUT2D eigenvalue weighted by Crippen LogP contribution is -2.09. The zero-order chi connectivity index (χ0) is 5.82. The second kappa shape index (κ2) is 2.48. The molecule has 1 aliphatic heterocycles. The molecule has 1 saturated heterocycles. The summed E-state index contributed by atoms with van der Waals surface area (Å²) in [7, 11) is 0. The van der Waals surface area contributed by atoms with Crippen molar-refractivity contribution in [1.29, 1.82) is 0 Å². The Bertz CT molecular complexity index is 112. The number of hydrogen-bond acceptors (Lipinski definition) is 3. The van der Waals surface area contributed by atoms with Gasteiger partial charge >= 0.3 is 0 Å². The van der Waals surface area contributed by atoms with Crippen LogP contribution in [-0.4, -0.2) is 24.2 Å². The van der Waals surface area contributed by atoms with Crippen LogP contribution in [0.2, 0.25) is 0 Å². The summed E-state index contributed by atoms with van der Waals surface area (Å²) in [6, 6.07) is 0. The van der Waals surface area contributed by atoms with Crippen LogP contribution in [0.25, 0.3) is 0 Å². The van der Waals surface area contributed by atoms with E-state index in [0.29, 0.717) is 0 Å². The summed E-state index contributed by atoms with van der Waals surface area (Å²) in [5.74, 6) is 0. The fourth-order valence-electron chi connectivity index (χ4n) is 0.858. The summed E-state index contributed by atoms with van der Waals surface area (Å²) in [6.45, 7) is 1.85. The molecule has 1 rings (SSSR count). The second-order valence-electron chi connectivity index (χ2n) is 1.85. The van der Waals surface area contributed by atoms with Crippen LogP contribution < -0.4 is 0 Å². The molecular weight excluding hydrogens is 104 g/mol. The molecule has 0 atom stereocenters. The number of hydrazone groups is 1. The van der Waals surface area contributed by atoms with Gasteiger partial charge in [0.1, 0.15) is 0 Å². The average molecular weight is 112 g/mol. The van der Waals surface area contributed by atoms with Crippen LogP contribution in [-0.2, 0) is 4.79 Å². The Hall–Kier alpha value is -0.820. The van der Waals surface area contributed by atoms with Crippen molar-refractivity contribution in [2.75, 3.05) is 13.1 Å². The highest BCUT2D eigenvalue weighted by atomic mass is 16.1. The van der Waals surface area contributed by atoms with E-state index in [1.165, 1.54) is 6.08 Å². The lowest BCUT2D eigenvalue weighted by molar-refractivity contribution is 0.356. The molecule has 1 fully saturated rings. The van der Waals surface area contributed by atoms with Crippen molar-refractivity contribution in [3.63, 3.8) is 0 Å². The SMILES string of the molecule is O=C=NN1CCCC1. The molecule has 0 bridgehead atoms. The molecule has 0 N–H and O–H groups in total. The Morgan fingerprint density at radius 2 is 2.00 bits per heavy atom. The molecule has 0 radical (unpaired) electrons. The Morgan fingerprint density at radius 3 is 2.50 bits per heavy atom. The van der Waals surface area contributed by atoms with Crippen LogP contribution in [0.1, 0.15) is 12.8 Å². The number of hydrogen-bond donors (Lipinski definition) is 0. The van der Waals surface area contributed by atoms with Gasteiger partial charge in [-0.15, -0.1) is 0 Å². The number of isocyanates is 1. The minimum atomic E-state index is 0.926. The number of nitrogens with zero attached hydrogens (tertiary/aromatic N) is 2. The molecule has 0 saturated carbocycles. The van der Waals surface area contributed by atoms with Gasteiger partial charge in [0.15, 0.2) is 0 Å². The van der Waals surface area contributed by atoms with Crippen LogP contribution in [0, 0.1) is 0 Å². The molecule has 3 heteroatoms. The smallest absolute Gasteiger partial charge is 0.258 e. The molecule has 8 heavy (non-hydrogen) atoms. The van der Waals surface area contributed by atoms with Gasteiger partial charge in [-0.1, -0.05) is 5.10 Å². The van der Waals surface area contributed by atoms with E-state index in [-0.39, 0.29) is 0 Å². The van der Waals surface area contributed by atoms with Crippen molar-refractivity contribution < 1.29 is 4.79 Å². The molecule has 1 aliphatic rings. The van der Waals surface area contributed by atoms with Crippen LogP contribution in [0.5, 0.6) is 0 Å². The first-order valence-corrected chi connectivity index (χ1v) is 2.76. The first-order chi connectivity index (χ1) is 3.93. The van der Waals surface area contributed by atoms with Gasteiger partial charge in [-0.25, -0.2) is 4.79 Å². The monoisotopic (exact) mass is 112 g/mol. The van der Waals surface area contributed by atoms with Gasteiger partial charge in [-0.3, -0.25) is 5.01 Å². The van der Waals surface area contributed by atoms with E-state index >= 15 is 0 Å². The van der Waals surface area contributed by atoms with E-state index in [1.807, 2.05) is 0 Å². The fraction of sp³-hybridized carbons (Fsp3) is 0.800. The molecule has 0 aliphatic carbocycles. The Balaban J connectivity index is 2.35. The van der Waals surface area contributed by atoms with Crippen molar-refractivity contribution >= 4 is 6.08 Å². The van der Waals surface area contributed by atoms with E-state index in [2.05, 4.69) is 5.10 Å². The largest absolute Gasteiger partial charge is 0.286 e. The number of carbonyl (C=O) groups excluding carboxylic acids is 1. The molecule has 0 aromatic carbocycles. The second-order valence-corrected chi connectivity index (χ2v) is 1.85. The van der Waals surface area contributed by atoms with Gasteiger partial charge in [0.25, 0.3) is 6.08 Å². The Morgan fingerprint density at radius 1 is 1.38 bits per heavy atom. The lowest BCUT2D eigenvalue weighted by atomic mass is 10.4. The van der Waals surface area contributed by atoms with Crippen molar-refractivity contribution in [3.8, 4) is 0 Å². The summed E-state index contributed by atoms with van der Waals surface area (Å²) in [5.41, 5.74) is 0. The highest BCUT2D eigenvalue weighted by molar-refractivity contribution is 5.32. The van der Waals surface area contributed by atoms with Crippen LogP contribution >= 0.6 is 0 Å². The molecule has 1 heterocycles. The minimum absolute atomic E-state index is 0.926. The molecular formula is C5H8N2O. The molecule has 0 spiro atoms. The highest BCUT2D eigenvalue weighted by Crippen LogP contribution is 2.05. The predicted octanol–water partition coefficient (Wildman–Crippen LogP) is 0.333. The summed E-state index contributed by atoms with van der Waals surface area (Å²) in [6.07, 6.45) is 3.83. The van der Waals surface area contributed by atoms with Gasteiger partial charge in [0.2, 0.25) is 0 Å². The molecule has 0 aromatic heterocycles. The van der Waals surface area contributed by atoms with E-state index in [1.54, 1.807) is 5.01 Å². The van der Waals surface area contributed by atoms with Gasteiger partial charge in [-0.2, -0.15) is 0 Å². The van der Waals surface area contributed by atoms with Crippen LogP contribution in [0.15, 0.2) is 5.10 Å². The zero-order valence-electron chi connectivity index (χ0n) is 4.63. The van der Waals surface area contributed by atoms with E-state index < -0.39 is 0 Å².